The third-order valence-electron chi connectivity index (χ3n) is 4.63. The first-order chi connectivity index (χ1) is 14.1. The van der Waals surface area contributed by atoms with E-state index in [1.54, 1.807) is 24.3 Å². The van der Waals surface area contributed by atoms with Crippen LogP contribution in [0.5, 0.6) is 0 Å². The molecule has 0 bridgehead atoms. The van der Waals surface area contributed by atoms with Crippen LogP contribution < -0.4 is 11.1 Å². The molecular weight excluding hydrogens is 398 g/mol. The number of aromatic nitrogens is 3. The van der Waals surface area contributed by atoms with Crippen LogP contribution in [0.15, 0.2) is 53.7 Å². The number of hydrogen-bond donors (Lipinski definition) is 2. The number of thioether (sulfide) groups is 1. The Balaban J connectivity index is 1.62. The van der Waals surface area contributed by atoms with Gasteiger partial charge >= 0.3 is 0 Å². The molecule has 1 heterocycles. The molecule has 8 heteroatoms. The molecule has 0 aliphatic heterocycles. The first-order valence-corrected chi connectivity index (χ1v) is 10.5. The number of carbonyl (C=O) groups is 2. The highest BCUT2D eigenvalue weighted by atomic mass is 32.2. The fourth-order valence-corrected chi connectivity index (χ4v) is 3.57. The molecule has 3 aromatic rings. The van der Waals surface area contributed by atoms with Gasteiger partial charge in [-0.05, 0) is 35.2 Å². The molecule has 0 aliphatic carbocycles. The van der Waals surface area contributed by atoms with Crippen LogP contribution >= 0.6 is 11.8 Å². The largest absolute Gasteiger partial charge is 0.366 e. The van der Waals surface area contributed by atoms with Crippen molar-refractivity contribution in [3.05, 3.63) is 59.7 Å². The van der Waals surface area contributed by atoms with Gasteiger partial charge in [0.25, 0.3) is 0 Å². The van der Waals surface area contributed by atoms with Crippen LogP contribution in [0.4, 0.5) is 5.69 Å². The Labute approximate surface area is 180 Å². The van der Waals surface area contributed by atoms with E-state index < -0.39 is 5.91 Å². The lowest BCUT2D eigenvalue weighted by atomic mass is 9.87. The van der Waals surface area contributed by atoms with Crippen molar-refractivity contribution >= 4 is 29.3 Å². The van der Waals surface area contributed by atoms with E-state index in [1.165, 1.54) is 17.3 Å². The second-order valence-electron chi connectivity index (χ2n) is 7.97. The normalized spacial score (nSPS) is 11.3. The molecule has 0 radical (unpaired) electrons. The molecule has 0 aliphatic rings. The summed E-state index contributed by atoms with van der Waals surface area (Å²) in [6.07, 6.45) is 0. The van der Waals surface area contributed by atoms with Gasteiger partial charge in [-0.3, -0.25) is 9.59 Å². The van der Waals surface area contributed by atoms with E-state index in [-0.39, 0.29) is 17.1 Å². The zero-order valence-corrected chi connectivity index (χ0v) is 18.3. The summed E-state index contributed by atoms with van der Waals surface area (Å²) < 4.78 is 1.88. The number of nitrogens with zero attached hydrogens (tertiary/aromatic N) is 3. The smallest absolute Gasteiger partial charge is 0.248 e. The Kier molecular flexibility index (Phi) is 6.26. The summed E-state index contributed by atoms with van der Waals surface area (Å²) in [6.45, 7) is 6.53. The average Bonchev–Trinajstić information content (AvgIpc) is 3.06. The van der Waals surface area contributed by atoms with Gasteiger partial charge in [-0.2, -0.15) is 0 Å². The summed E-state index contributed by atoms with van der Waals surface area (Å²) in [5, 5.41) is 11.9. The number of hydrogen-bond acceptors (Lipinski definition) is 5. The SMILES string of the molecule is Cn1c(SCC(=O)Nc2ccc(C(N)=O)cc2)nnc1-c1ccc(C(C)(C)C)cc1. The molecule has 3 rings (SSSR count). The predicted molar refractivity (Wildman–Crippen MR) is 119 cm³/mol. The number of rotatable bonds is 6. The molecule has 0 atom stereocenters. The van der Waals surface area contributed by atoms with E-state index in [0.717, 1.165) is 11.4 Å². The highest BCUT2D eigenvalue weighted by Gasteiger charge is 2.16. The summed E-state index contributed by atoms with van der Waals surface area (Å²) in [4.78, 5) is 23.4. The molecule has 7 nitrogen and oxygen atoms in total. The van der Waals surface area contributed by atoms with E-state index in [0.29, 0.717) is 16.4 Å². The third kappa shape index (κ3) is 5.07. The summed E-state index contributed by atoms with van der Waals surface area (Å²) in [6, 6.07) is 14.7. The minimum Gasteiger partial charge on any atom is -0.366 e. The van der Waals surface area contributed by atoms with Crippen molar-refractivity contribution < 1.29 is 9.59 Å². The van der Waals surface area contributed by atoms with Crippen LogP contribution in [0, 0.1) is 0 Å². The van der Waals surface area contributed by atoms with Gasteiger partial charge in [-0.25, -0.2) is 0 Å². The average molecular weight is 424 g/mol. The van der Waals surface area contributed by atoms with E-state index in [1.807, 2.05) is 23.7 Å². The molecule has 2 aromatic carbocycles. The van der Waals surface area contributed by atoms with Gasteiger partial charge in [0.2, 0.25) is 11.8 Å². The van der Waals surface area contributed by atoms with Crippen molar-refractivity contribution in [2.75, 3.05) is 11.1 Å². The molecule has 156 valence electrons. The summed E-state index contributed by atoms with van der Waals surface area (Å²) in [7, 11) is 1.88. The molecule has 0 spiro atoms. The standard InChI is InChI=1S/C22H25N5O2S/c1-22(2,3)16-9-5-15(6-10-16)20-25-26-21(27(20)4)30-13-18(28)24-17-11-7-14(8-12-17)19(23)29/h5-12H,13H2,1-4H3,(H2,23,29)(H,24,28). The molecule has 0 saturated heterocycles. The Morgan fingerprint density at radius 1 is 1.03 bits per heavy atom. The Hall–Kier alpha value is -3.13. The lowest BCUT2D eigenvalue weighted by Crippen LogP contribution is -2.15. The Morgan fingerprint density at radius 3 is 2.23 bits per heavy atom. The van der Waals surface area contributed by atoms with Gasteiger partial charge in [0.15, 0.2) is 11.0 Å². The molecule has 3 N–H and O–H groups in total. The maximum absolute atomic E-state index is 12.2. The zero-order valence-electron chi connectivity index (χ0n) is 17.5. The maximum atomic E-state index is 12.2. The maximum Gasteiger partial charge on any atom is 0.248 e. The van der Waals surface area contributed by atoms with Crippen molar-refractivity contribution in [1.82, 2.24) is 14.8 Å². The molecule has 0 unspecified atom stereocenters. The van der Waals surface area contributed by atoms with Crippen LogP contribution in [0.25, 0.3) is 11.4 Å². The highest BCUT2D eigenvalue weighted by molar-refractivity contribution is 7.99. The van der Waals surface area contributed by atoms with Crippen LogP contribution in [0.3, 0.4) is 0 Å². The molecule has 1 aromatic heterocycles. The molecule has 0 fully saturated rings. The molecule has 30 heavy (non-hydrogen) atoms. The monoisotopic (exact) mass is 423 g/mol. The van der Waals surface area contributed by atoms with Crippen molar-refractivity contribution in [1.29, 1.82) is 0 Å². The Morgan fingerprint density at radius 2 is 1.67 bits per heavy atom. The fraction of sp³-hybridized carbons (Fsp3) is 0.273. The number of primary amides is 1. The van der Waals surface area contributed by atoms with Gasteiger partial charge in [-0.15, -0.1) is 10.2 Å². The molecule has 0 saturated carbocycles. The number of anilines is 1. The van der Waals surface area contributed by atoms with E-state index in [4.69, 9.17) is 5.73 Å². The second-order valence-corrected chi connectivity index (χ2v) is 8.91. The topological polar surface area (TPSA) is 103 Å². The van der Waals surface area contributed by atoms with Gasteiger partial charge < -0.3 is 15.6 Å². The number of nitrogens with one attached hydrogen (secondary N) is 1. The third-order valence-corrected chi connectivity index (χ3v) is 5.65. The number of amides is 2. The lowest BCUT2D eigenvalue weighted by Gasteiger charge is -2.19. The van der Waals surface area contributed by atoms with Crippen molar-refractivity contribution in [3.63, 3.8) is 0 Å². The van der Waals surface area contributed by atoms with Gasteiger partial charge in [0, 0.05) is 23.9 Å². The predicted octanol–water partition coefficient (Wildman–Crippen LogP) is 3.61. The minimum absolute atomic E-state index is 0.0902. The second kappa shape index (κ2) is 8.71. The van der Waals surface area contributed by atoms with Gasteiger partial charge in [0.05, 0.1) is 5.75 Å². The minimum atomic E-state index is -0.505. The van der Waals surface area contributed by atoms with Crippen LogP contribution in [0.2, 0.25) is 0 Å². The molecule has 2 amide bonds. The molecular formula is C22H25N5O2S. The van der Waals surface area contributed by atoms with Crippen LogP contribution in [0.1, 0.15) is 36.7 Å². The van der Waals surface area contributed by atoms with Crippen LogP contribution in [-0.4, -0.2) is 32.3 Å². The van der Waals surface area contributed by atoms with Crippen molar-refractivity contribution in [3.8, 4) is 11.4 Å². The summed E-state index contributed by atoms with van der Waals surface area (Å²) in [5.74, 6) is 0.257. The first-order valence-electron chi connectivity index (χ1n) is 9.48. The van der Waals surface area contributed by atoms with Gasteiger partial charge in [0.1, 0.15) is 0 Å². The number of benzene rings is 2. The van der Waals surface area contributed by atoms with Crippen LogP contribution in [-0.2, 0) is 17.3 Å². The fourth-order valence-electron chi connectivity index (χ4n) is 2.86. The number of nitrogens with two attached hydrogens (primary N) is 1. The van der Waals surface area contributed by atoms with E-state index >= 15 is 0 Å². The summed E-state index contributed by atoms with van der Waals surface area (Å²) in [5.41, 5.74) is 8.53. The quantitative estimate of drug-likeness (QED) is 0.590. The Bertz CT molecular complexity index is 1050. The summed E-state index contributed by atoms with van der Waals surface area (Å²) >= 11 is 1.31. The van der Waals surface area contributed by atoms with Crippen molar-refractivity contribution in [2.45, 2.75) is 31.3 Å². The lowest BCUT2D eigenvalue weighted by molar-refractivity contribution is -0.113. The van der Waals surface area contributed by atoms with E-state index in [9.17, 15) is 9.59 Å². The highest BCUT2D eigenvalue weighted by Crippen LogP contribution is 2.27. The van der Waals surface area contributed by atoms with E-state index in [2.05, 4.69) is 48.4 Å². The zero-order chi connectivity index (χ0) is 21.9. The number of carbonyl (C=O) groups excluding carboxylic acids is 2. The van der Waals surface area contributed by atoms with Crippen molar-refractivity contribution in [2.24, 2.45) is 12.8 Å². The first kappa shape index (κ1) is 21.6. The van der Waals surface area contributed by atoms with Gasteiger partial charge in [-0.1, -0.05) is 56.8 Å².